The van der Waals surface area contributed by atoms with Crippen molar-refractivity contribution in [2.24, 2.45) is 0 Å². The maximum Gasteiger partial charge on any atom is 0.407 e. The van der Waals surface area contributed by atoms with Gasteiger partial charge in [0.15, 0.2) is 5.78 Å². The van der Waals surface area contributed by atoms with Gasteiger partial charge in [-0.2, -0.15) is 0 Å². The van der Waals surface area contributed by atoms with Crippen molar-refractivity contribution >= 4 is 11.9 Å². The maximum absolute atomic E-state index is 11.7. The summed E-state index contributed by atoms with van der Waals surface area (Å²) in [5.41, 5.74) is -0.462. The fraction of sp³-hybridized carbons (Fsp3) is 0.882. The Hall–Kier alpha value is -1.18. The first-order valence-electron chi connectivity index (χ1n) is 8.63. The van der Waals surface area contributed by atoms with Crippen LogP contribution >= 0.6 is 0 Å². The molecule has 1 heterocycles. The van der Waals surface area contributed by atoms with Crippen LogP contribution in [0.2, 0.25) is 0 Å². The van der Waals surface area contributed by atoms with Crippen LogP contribution < -0.4 is 5.32 Å². The molecule has 0 aliphatic carbocycles. The highest BCUT2D eigenvalue weighted by Gasteiger charge is 2.23. The molecule has 0 saturated carbocycles. The molecule has 0 bridgehead atoms. The first-order chi connectivity index (χ1) is 11.3. The smallest absolute Gasteiger partial charge is 0.407 e. The second kappa shape index (κ2) is 10.6. The summed E-state index contributed by atoms with van der Waals surface area (Å²) in [6.45, 7) is 11.6. The molecule has 140 valence electrons. The zero-order valence-corrected chi connectivity index (χ0v) is 15.4. The second-order valence-corrected chi connectivity index (χ2v) is 7.13. The molecule has 1 rings (SSSR count). The van der Waals surface area contributed by atoms with Crippen molar-refractivity contribution in [3.63, 3.8) is 0 Å². The number of likely N-dealkylation sites (tertiary alicyclic amines) is 1. The molecule has 0 unspecified atom stereocenters. The van der Waals surface area contributed by atoms with E-state index in [1.807, 2.05) is 20.8 Å². The lowest BCUT2D eigenvalue weighted by Gasteiger charge is -2.32. The number of alkyl carbamates (subject to hydrolysis) is 1. The third-order valence-electron chi connectivity index (χ3n) is 3.54. The molecule has 1 N–H and O–H groups in total. The molecule has 1 aliphatic heterocycles. The standard InChI is InChI=1S/C17H32N2O5/c1-14(20)13-23-12-11-22-10-9-19-7-5-15(6-8-19)18-16(21)24-17(2,3)4/h15H,5-13H2,1-4H3,(H,18,21). The predicted octanol–water partition coefficient (Wildman–Crippen LogP) is 1.60. The summed E-state index contributed by atoms with van der Waals surface area (Å²) in [6.07, 6.45) is 1.50. The van der Waals surface area contributed by atoms with E-state index in [1.54, 1.807) is 0 Å². The second-order valence-electron chi connectivity index (χ2n) is 7.13. The minimum absolute atomic E-state index is 0.0258. The highest BCUT2D eigenvalue weighted by Crippen LogP contribution is 2.12. The highest BCUT2D eigenvalue weighted by molar-refractivity contribution is 5.76. The van der Waals surface area contributed by atoms with Crippen molar-refractivity contribution in [1.29, 1.82) is 0 Å². The Balaban J connectivity index is 2.03. The van der Waals surface area contributed by atoms with Crippen LogP contribution in [0.25, 0.3) is 0 Å². The van der Waals surface area contributed by atoms with Crippen LogP contribution in [0, 0.1) is 0 Å². The molecule has 7 nitrogen and oxygen atoms in total. The number of amides is 1. The Morgan fingerprint density at radius 2 is 1.71 bits per heavy atom. The number of piperidine rings is 1. The molecular weight excluding hydrogens is 312 g/mol. The Morgan fingerprint density at radius 1 is 1.08 bits per heavy atom. The lowest BCUT2D eigenvalue weighted by Crippen LogP contribution is -2.46. The Kier molecular flexibility index (Phi) is 9.25. The summed E-state index contributed by atoms with van der Waals surface area (Å²) in [6, 6.07) is 0.178. The van der Waals surface area contributed by atoms with Crippen LogP contribution in [0.1, 0.15) is 40.5 Å². The van der Waals surface area contributed by atoms with E-state index in [0.29, 0.717) is 19.8 Å². The number of hydrogen-bond acceptors (Lipinski definition) is 6. The van der Waals surface area contributed by atoms with Crippen molar-refractivity contribution in [3.8, 4) is 0 Å². The molecule has 24 heavy (non-hydrogen) atoms. The van der Waals surface area contributed by atoms with Gasteiger partial charge in [0.2, 0.25) is 0 Å². The van der Waals surface area contributed by atoms with Gasteiger partial charge in [-0.05, 0) is 40.5 Å². The van der Waals surface area contributed by atoms with Gasteiger partial charge in [0, 0.05) is 25.7 Å². The van der Waals surface area contributed by atoms with E-state index in [9.17, 15) is 9.59 Å². The van der Waals surface area contributed by atoms with Gasteiger partial charge in [-0.15, -0.1) is 0 Å². The number of nitrogens with one attached hydrogen (secondary N) is 1. The Morgan fingerprint density at radius 3 is 2.29 bits per heavy atom. The number of nitrogens with zero attached hydrogens (tertiary/aromatic N) is 1. The van der Waals surface area contributed by atoms with E-state index in [0.717, 1.165) is 32.5 Å². The fourth-order valence-electron chi connectivity index (χ4n) is 2.40. The zero-order valence-electron chi connectivity index (χ0n) is 15.4. The summed E-state index contributed by atoms with van der Waals surface area (Å²) in [5, 5.41) is 2.93. The van der Waals surface area contributed by atoms with E-state index in [1.165, 1.54) is 6.92 Å². The molecule has 0 atom stereocenters. The summed E-state index contributed by atoms with van der Waals surface area (Å²) < 4.78 is 15.9. The van der Waals surface area contributed by atoms with Crippen molar-refractivity contribution in [1.82, 2.24) is 10.2 Å². The highest BCUT2D eigenvalue weighted by atomic mass is 16.6. The van der Waals surface area contributed by atoms with Crippen LogP contribution in [0.5, 0.6) is 0 Å². The predicted molar refractivity (Wildman–Crippen MR) is 91.2 cm³/mol. The molecule has 0 radical (unpaired) electrons. The lowest BCUT2D eigenvalue weighted by atomic mass is 10.1. The van der Waals surface area contributed by atoms with Crippen molar-refractivity contribution in [2.75, 3.05) is 46.1 Å². The Labute approximate surface area is 145 Å². The van der Waals surface area contributed by atoms with Crippen LogP contribution in [0.4, 0.5) is 4.79 Å². The number of rotatable bonds is 9. The number of Topliss-reactive ketones (excluding diaryl/α,β-unsaturated/α-hetero) is 1. The van der Waals surface area contributed by atoms with Crippen LogP contribution in [0.3, 0.4) is 0 Å². The molecule has 7 heteroatoms. The quantitative estimate of drug-likeness (QED) is 0.640. The third kappa shape index (κ3) is 10.6. The monoisotopic (exact) mass is 344 g/mol. The molecule has 1 fully saturated rings. The third-order valence-corrected chi connectivity index (χ3v) is 3.54. The van der Waals surface area contributed by atoms with Gasteiger partial charge >= 0.3 is 6.09 Å². The van der Waals surface area contributed by atoms with Gasteiger partial charge in [0.1, 0.15) is 12.2 Å². The SMILES string of the molecule is CC(=O)COCCOCCN1CCC(NC(=O)OC(C)(C)C)CC1. The van der Waals surface area contributed by atoms with Gasteiger partial charge in [-0.25, -0.2) is 4.79 Å². The molecule has 1 aliphatic rings. The normalized spacial score (nSPS) is 16.8. The van der Waals surface area contributed by atoms with Crippen molar-refractivity contribution in [2.45, 2.75) is 52.2 Å². The maximum atomic E-state index is 11.7. The van der Waals surface area contributed by atoms with E-state index in [2.05, 4.69) is 10.2 Å². The number of ether oxygens (including phenoxy) is 3. The van der Waals surface area contributed by atoms with Gasteiger partial charge in [0.25, 0.3) is 0 Å². The summed E-state index contributed by atoms with van der Waals surface area (Å²) in [5.74, 6) is 0.0258. The fourth-order valence-corrected chi connectivity index (χ4v) is 2.40. The topological polar surface area (TPSA) is 77.1 Å². The number of hydrogen-bond donors (Lipinski definition) is 1. The summed E-state index contributed by atoms with van der Waals surface area (Å²) >= 11 is 0. The van der Waals surface area contributed by atoms with Crippen LogP contribution in [0.15, 0.2) is 0 Å². The molecular formula is C17H32N2O5. The van der Waals surface area contributed by atoms with Gasteiger partial charge < -0.3 is 24.4 Å². The molecule has 0 aromatic rings. The van der Waals surface area contributed by atoms with E-state index < -0.39 is 5.60 Å². The van der Waals surface area contributed by atoms with Gasteiger partial charge in [0.05, 0.1) is 19.8 Å². The average Bonchev–Trinajstić information content (AvgIpc) is 2.45. The lowest BCUT2D eigenvalue weighted by molar-refractivity contribution is -0.122. The summed E-state index contributed by atoms with van der Waals surface area (Å²) in [7, 11) is 0. The molecule has 0 aromatic carbocycles. The molecule has 0 aromatic heterocycles. The molecule has 1 amide bonds. The Bertz CT molecular complexity index is 387. The van der Waals surface area contributed by atoms with Crippen LogP contribution in [-0.2, 0) is 19.0 Å². The first kappa shape index (κ1) is 20.9. The molecule has 0 spiro atoms. The van der Waals surface area contributed by atoms with Gasteiger partial charge in [-0.1, -0.05) is 0 Å². The summed E-state index contributed by atoms with van der Waals surface area (Å²) in [4.78, 5) is 24.8. The zero-order chi connectivity index (χ0) is 18.0. The first-order valence-corrected chi connectivity index (χ1v) is 8.63. The molecule has 1 saturated heterocycles. The van der Waals surface area contributed by atoms with Crippen molar-refractivity contribution in [3.05, 3.63) is 0 Å². The number of carbonyl (C=O) groups is 2. The number of ketones is 1. The minimum Gasteiger partial charge on any atom is -0.444 e. The minimum atomic E-state index is -0.462. The van der Waals surface area contributed by atoms with E-state index >= 15 is 0 Å². The van der Waals surface area contributed by atoms with Gasteiger partial charge in [-0.3, -0.25) is 4.79 Å². The van der Waals surface area contributed by atoms with Crippen molar-refractivity contribution < 1.29 is 23.8 Å². The number of carbonyl (C=O) groups excluding carboxylic acids is 2. The average molecular weight is 344 g/mol. The largest absolute Gasteiger partial charge is 0.444 e. The van der Waals surface area contributed by atoms with E-state index in [-0.39, 0.29) is 24.5 Å². The van der Waals surface area contributed by atoms with Crippen LogP contribution in [-0.4, -0.2) is 74.5 Å². The van der Waals surface area contributed by atoms with E-state index in [4.69, 9.17) is 14.2 Å².